The second kappa shape index (κ2) is 9.30. The molecule has 1 amide bonds. The SMILES string of the molecule is CCc1nc([C@H]2CC[C@@H](c3cnc4n3-c3ccc(Cl)cc3CN(C(=O)OC(C)(C)C)C4)CC2)no1. The highest BCUT2D eigenvalue weighted by Gasteiger charge is 2.33. The zero-order chi connectivity index (χ0) is 24.7. The first-order valence-electron chi connectivity index (χ1n) is 12.4. The van der Waals surface area contributed by atoms with Crippen molar-refractivity contribution in [3.05, 3.63) is 58.2 Å². The lowest BCUT2D eigenvalue weighted by molar-refractivity contribution is 0.0214. The summed E-state index contributed by atoms with van der Waals surface area (Å²) in [7, 11) is 0. The van der Waals surface area contributed by atoms with Gasteiger partial charge in [-0.3, -0.25) is 9.47 Å². The molecule has 3 heterocycles. The maximum atomic E-state index is 13.0. The molecule has 0 saturated heterocycles. The molecule has 1 aliphatic heterocycles. The number of hydrogen-bond acceptors (Lipinski definition) is 6. The van der Waals surface area contributed by atoms with Crippen LogP contribution in [0.1, 0.15) is 94.0 Å². The topological polar surface area (TPSA) is 86.3 Å². The summed E-state index contributed by atoms with van der Waals surface area (Å²) < 4.78 is 13.2. The van der Waals surface area contributed by atoms with Gasteiger partial charge in [-0.25, -0.2) is 9.78 Å². The molecule has 8 nitrogen and oxygen atoms in total. The number of benzene rings is 1. The molecule has 1 fully saturated rings. The Morgan fingerprint density at radius 2 is 1.91 bits per heavy atom. The molecule has 0 unspecified atom stereocenters. The molecule has 0 spiro atoms. The monoisotopic (exact) mass is 497 g/mol. The molecule has 35 heavy (non-hydrogen) atoms. The van der Waals surface area contributed by atoms with Gasteiger partial charge in [0.25, 0.3) is 0 Å². The lowest BCUT2D eigenvalue weighted by atomic mass is 9.80. The van der Waals surface area contributed by atoms with Crippen molar-refractivity contribution in [2.75, 3.05) is 0 Å². The summed E-state index contributed by atoms with van der Waals surface area (Å²) in [5, 5.41) is 4.85. The highest BCUT2D eigenvalue weighted by molar-refractivity contribution is 6.30. The first kappa shape index (κ1) is 23.9. The van der Waals surface area contributed by atoms with Crippen LogP contribution in [0.2, 0.25) is 5.02 Å². The Morgan fingerprint density at radius 3 is 2.60 bits per heavy atom. The van der Waals surface area contributed by atoms with Crippen molar-refractivity contribution >= 4 is 17.7 Å². The van der Waals surface area contributed by atoms with Crippen molar-refractivity contribution in [3.8, 4) is 5.69 Å². The minimum absolute atomic E-state index is 0.329. The van der Waals surface area contributed by atoms with E-state index < -0.39 is 5.60 Å². The molecule has 2 aliphatic rings. The Kier molecular flexibility index (Phi) is 6.34. The van der Waals surface area contributed by atoms with Crippen LogP contribution in [0.5, 0.6) is 0 Å². The van der Waals surface area contributed by atoms with E-state index >= 15 is 0 Å². The average molecular weight is 498 g/mol. The number of amides is 1. The smallest absolute Gasteiger partial charge is 0.411 e. The normalized spacial score (nSPS) is 20.2. The molecule has 1 saturated carbocycles. The van der Waals surface area contributed by atoms with Gasteiger partial charge in [-0.1, -0.05) is 23.7 Å². The number of aryl methyl sites for hydroxylation is 1. The highest BCUT2D eigenvalue weighted by atomic mass is 35.5. The summed E-state index contributed by atoms with van der Waals surface area (Å²) in [5.74, 6) is 3.06. The lowest BCUT2D eigenvalue weighted by Gasteiger charge is -2.27. The van der Waals surface area contributed by atoms with E-state index in [2.05, 4.69) is 14.7 Å². The molecular formula is C26H32ClN5O3. The summed E-state index contributed by atoms with van der Waals surface area (Å²) in [6.07, 6.45) is 6.43. The maximum Gasteiger partial charge on any atom is 0.411 e. The van der Waals surface area contributed by atoms with Crippen LogP contribution >= 0.6 is 11.6 Å². The first-order chi connectivity index (χ1) is 16.7. The van der Waals surface area contributed by atoms with Gasteiger partial charge >= 0.3 is 6.09 Å². The number of carbonyl (C=O) groups is 1. The molecule has 5 rings (SSSR count). The summed E-state index contributed by atoms with van der Waals surface area (Å²) in [6.45, 7) is 8.44. The number of ether oxygens (including phenoxy) is 1. The molecule has 1 aromatic carbocycles. The summed E-state index contributed by atoms with van der Waals surface area (Å²) >= 11 is 6.36. The number of fused-ring (bicyclic) bond motifs is 3. The molecule has 186 valence electrons. The summed E-state index contributed by atoms with van der Waals surface area (Å²) in [6, 6.07) is 5.86. The minimum Gasteiger partial charge on any atom is -0.444 e. The maximum absolute atomic E-state index is 13.0. The Labute approximate surface area is 210 Å². The molecule has 2 aromatic heterocycles. The Morgan fingerprint density at radius 1 is 1.17 bits per heavy atom. The number of imidazole rings is 1. The van der Waals surface area contributed by atoms with E-state index in [1.807, 2.05) is 52.1 Å². The van der Waals surface area contributed by atoms with E-state index in [4.69, 9.17) is 25.8 Å². The molecule has 0 N–H and O–H groups in total. The molecule has 0 radical (unpaired) electrons. The average Bonchev–Trinajstić information content (AvgIpc) is 3.42. The molecular weight excluding hydrogens is 466 g/mol. The Hall–Kier alpha value is -2.87. The van der Waals surface area contributed by atoms with E-state index in [1.54, 1.807) is 4.90 Å². The van der Waals surface area contributed by atoms with Crippen molar-refractivity contribution in [2.24, 2.45) is 0 Å². The van der Waals surface area contributed by atoms with Gasteiger partial charge in [0, 0.05) is 35.2 Å². The Bertz CT molecular complexity index is 1220. The Balaban J connectivity index is 1.42. The van der Waals surface area contributed by atoms with Gasteiger partial charge in [0.05, 0.1) is 18.8 Å². The van der Waals surface area contributed by atoms with Crippen molar-refractivity contribution < 1.29 is 14.1 Å². The third-order valence-electron chi connectivity index (χ3n) is 6.79. The number of aromatic nitrogens is 4. The number of hydrogen-bond donors (Lipinski definition) is 0. The molecule has 1 aliphatic carbocycles. The van der Waals surface area contributed by atoms with E-state index in [0.29, 0.717) is 35.8 Å². The summed E-state index contributed by atoms with van der Waals surface area (Å²) in [4.78, 5) is 24.0. The molecule has 0 atom stereocenters. The first-order valence-corrected chi connectivity index (χ1v) is 12.8. The molecule has 3 aromatic rings. The van der Waals surface area contributed by atoms with Gasteiger partial charge in [0.1, 0.15) is 11.4 Å². The predicted molar refractivity (Wildman–Crippen MR) is 132 cm³/mol. The van der Waals surface area contributed by atoms with Gasteiger partial charge in [0.15, 0.2) is 5.82 Å². The van der Waals surface area contributed by atoms with Gasteiger partial charge in [-0.05, 0) is 70.2 Å². The second-order valence-electron chi connectivity index (χ2n) is 10.5. The number of carbonyl (C=O) groups excluding carboxylic acids is 1. The van der Waals surface area contributed by atoms with Crippen LogP contribution in [0.3, 0.4) is 0 Å². The van der Waals surface area contributed by atoms with Gasteiger partial charge in [0.2, 0.25) is 5.89 Å². The second-order valence-corrected chi connectivity index (χ2v) is 10.9. The van der Waals surface area contributed by atoms with Crippen LogP contribution in [-0.2, 0) is 24.2 Å². The van der Waals surface area contributed by atoms with Crippen molar-refractivity contribution in [1.29, 1.82) is 0 Å². The zero-order valence-electron chi connectivity index (χ0n) is 20.8. The standard InChI is InChI=1S/C26H32ClN5O3/c1-5-23-29-24(30-35-23)17-8-6-16(7-9-17)21-13-28-22-15-31(25(33)34-26(2,3)4)14-18-12-19(27)10-11-20(18)32(21)22/h10-13,16-17H,5-9,14-15H2,1-4H3/t16-,17+. The van der Waals surface area contributed by atoms with Crippen LogP contribution in [0.15, 0.2) is 28.9 Å². The number of rotatable bonds is 3. The van der Waals surface area contributed by atoms with Crippen LogP contribution in [0.25, 0.3) is 5.69 Å². The van der Waals surface area contributed by atoms with Crippen molar-refractivity contribution in [1.82, 2.24) is 24.6 Å². The van der Waals surface area contributed by atoms with E-state index in [9.17, 15) is 4.79 Å². The minimum atomic E-state index is -0.573. The third-order valence-corrected chi connectivity index (χ3v) is 7.02. The van der Waals surface area contributed by atoms with Gasteiger partial charge in [-0.2, -0.15) is 4.98 Å². The quantitative estimate of drug-likeness (QED) is 0.430. The predicted octanol–water partition coefficient (Wildman–Crippen LogP) is 6.16. The highest BCUT2D eigenvalue weighted by Crippen LogP contribution is 2.41. The number of nitrogens with zero attached hydrogens (tertiary/aromatic N) is 5. The van der Waals surface area contributed by atoms with Crippen LogP contribution in [-0.4, -0.2) is 36.3 Å². The fourth-order valence-corrected chi connectivity index (χ4v) is 5.29. The third kappa shape index (κ3) is 4.94. The van der Waals surface area contributed by atoms with Crippen LogP contribution in [0, 0.1) is 0 Å². The van der Waals surface area contributed by atoms with E-state index in [-0.39, 0.29) is 6.09 Å². The van der Waals surface area contributed by atoms with E-state index in [1.165, 1.54) is 5.69 Å². The van der Waals surface area contributed by atoms with Crippen LogP contribution < -0.4 is 0 Å². The summed E-state index contributed by atoms with van der Waals surface area (Å²) in [5.41, 5.74) is 2.61. The van der Waals surface area contributed by atoms with Gasteiger partial charge < -0.3 is 9.26 Å². The lowest BCUT2D eigenvalue weighted by Crippen LogP contribution is -2.35. The number of halogens is 1. The van der Waals surface area contributed by atoms with Crippen molar-refractivity contribution in [2.45, 2.75) is 90.3 Å². The van der Waals surface area contributed by atoms with E-state index in [0.717, 1.165) is 55.0 Å². The largest absolute Gasteiger partial charge is 0.444 e. The van der Waals surface area contributed by atoms with Gasteiger partial charge in [-0.15, -0.1) is 0 Å². The fraction of sp³-hybridized carbons (Fsp3) is 0.538. The molecule has 9 heteroatoms. The fourth-order valence-electron chi connectivity index (χ4n) is 5.09. The van der Waals surface area contributed by atoms with Crippen molar-refractivity contribution in [3.63, 3.8) is 0 Å². The van der Waals surface area contributed by atoms with Crippen LogP contribution in [0.4, 0.5) is 4.79 Å². The molecule has 0 bridgehead atoms. The zero-order valence-corrected chi connectivity index (χ0v) is 21.5.